The predicted molar refractivity (Wildman–Crippen MR) is 104 cm³/mol. The van der Waals surface area contributed by atoms with E-state index in [2.05, 4.69) is 34.1 Å². The number of aryl methyl sites for hydroxylation is 1. The Morgan fingerprint density at radius 2 is 1.89 bits per heavy atom. The number of aromatic nitrogens is 2. The van der Waals surface area contributed by atoms with Gasteiger partial charge in [-0.2, -0.15) is 4.98 Å². The molecule has 0 amide bonds. The van der Waals surface area contributed by atoms with Gasteiger partial charge in [-0.05, 0) is 50.4 Å². The molecule has 1 N–H and O–H groups in total. The maximum atomic E-state index is 10.6. The summed E-state index contributed by atoms with van der Waals surface area (Å²) in [6.07, 6.45) is 1.55. The van der Waals surface area contributed by atoms with Crippen LogP contribution in [-0.2, 0) is 6.54 Å². The topological polar surface area (TPSA) is 62.4 Å². The Bertz CT molecular complexity index is 870. The SMILES string of the molecule is Cc1cccc(-c2noc(CN3CCC(C(O)c4ccccc4)CC3)n2)c1. The molecule has 0 saturated carbocycles. The second-order valence-electron chi connectivity index (χ2n) is 7.35. The molecular formula is C22H25N3O2. The Hall–Kier alpha value is -2.50. The first-order valence-electron chi connectivity index (χ1n) is 9.54. The summed E-state index contributed by atoms with van der Waals surface area (Å²) in [5, 5.41) is 14.7. The van der Waals surface area contributed by atoms with Crippen molar-refractivity contribution in [2.75, 3.05) is 13.1 Å². The molecule has 140 valence electrons. The lowest BCUT2D eigenvalue weighted by atomic mass is 9.87. The highest BCUT2D eigenvalue weighted by Crippen LogP contribution is 2.31. The van der Waals surface area contributed by atoms with Crippen molar-refractivity contribution in [2.24, 2.45) is 5.92 Å². The van der Waals surface area contributed by atoms with Crippen molar-refractivity contribution in [1.29, 1.82) is 0 Å². The van der Waals surface area contributed by atoms with E-state index in [1.807, 2.05) is 42.5 Å². The van der Waals surface area contributed by atoms with Crippen LogP contribution in [0.15, 0.2) is 59.1 Å². The zero-order chi connectivity index (χ0) is 18.6. The minimum Gasteiger partial charge on any atom is -0.388 e. The van der Waals surface area contributed by atoms with Crippen LogP contribution < -0.4 is 0 Å². The first kappa shape index (κ1) is 17.9. The minimum atomic E-state index is -0.385. The molecule has 5 nitrogen and oxygen atoms in total. The van der Waals surface area contributed by atoms with Gasteiger partial charge in [-0.3, -0.25) is 4.90 Å². The van der Waals surface area contributed by atoms with Crippen LogP contribution in [0.2, 0.25) is 0 Å². The monoisotopic (exact) mass is 363 g/mol. The summed E-state index contributed by atoms with van der Waals surface area (Å²) in [6, 6.07) is 18.1. The molecule has 1 unspecified atom stereocenters. The van der Waals surface area contributed by atoms with Crippen LogP contribution >= 0.6 is 0 Å². The van der Waals surface area contributed by atoms with Gasteiger partial charge in [0, 0.05) is 5.56 Å². The average Bonchev–Trinajstić information content (AvgIpc) is 3.17. The smallest absolute Gasteiger partial charge is 0.241 e. The molecule has 0 bridgehead atoms. The van der Waals surface area contributed by atoms with Crippen molar-refractivity contribution < 1.29 is 9.63 Å². The molecule has 1 aliphatic rings. The average molecular weight is 363 g/mol. The van der Waals surface area contributed by atoms with E-state index in [9.17, 15) is 5.11 Å². The summed E-state index contributed by atoms with van der Waals surface area (Å²) in [4.78, 5) is 6.87. The van der Waals surface area contributed by atoms with E-state index in [1.165, 1.54) is 5.56 Å². The molecule has 0 spiro atoms. The number of piperidine rings is 1. The first-order chi connectivity index (χ1) is 13.2. The van der Waals surface area contributed by atoms with E-state index >= 15 is 0 Å². The van der Waals surface area contributed by atoms with Crippen molar-refractivity contribution in [3.8, 4) is 11.4 Å². The zero-order valence-electron chi connectivity index (χ0n) is 15.6. The molecule has 2 heterocycles. The normalized spacial score (nSPS) is 17.1. The van der Waals surface area contributed by atoms with Crippen LogP contribution in [0, 0.1) is 12.8 Å². The standard InChI is InChI=1S/C22H25N3O2/c1-16-6-5-9-19(14-16)22-23-20(27-24-22)15-25-12-10-18(11-13-25)21(26)17-7-3-2-4-8-17/h2-9,14,18,21,26H,10-13,15H2,1H3. The summed E-state index contributed by atoms with van der Waals surface area (Å²) >= 11 is 0. The summed E-state index contributed by atoms with van der Waals surface area (Å²) < 4.78 is 5.45. The molecule has 1 saturated heterocycles. The number of aliphatic hydroxyl groups excluding tert-OH is 1. The Kier molecular flexibility index (Phi) is 5.32. The minimum absolute atomic E-state index is 0.300. The van der Waals surface area contributed by atoms with E-state index < -0.39 is 0 Å². The van der Waals surface area contributed by atoms with Crippen molar-refractivity contribution in [1.82, 2.24) is 15.0 Å². The maximum Gasteiger partial charge on any atom is 0.241 e. The van der Waals surface area contributed by atoms with Gasteiger partial charge in [0.15, 0.2) is 0 Å². The van der Waals surface area contributed by atoms with Crippen LogP contribution in [0.4, 0.5) is 0 Å². The number of likely N-dealkylation sites (tertiary alicyclic amines) is 1. The Labute approximate surface area is 159 Å². The molecule has 2 aromatic carbocycles. The lowest BCUT2D eigenvalue weighted by molar-refractivity contribution is 0.0538. The number of benzene rings is 2. The highest BCUT2D eigenvalue weighted by atomic mass is 16.5. The fourth-order valence-corrected chi connectivity index (χ4v) is 3.76. The van der Waals surface area contributed by atoms with Crippen LogP contribution in [0.5, 0.6) is 0 Å². The molecule has 5 heteroatoms. The number of rotatable bonds is 5. The van der Waals surface area contributed by atoms with E-state index in [-0.39, 0.29) is 6.10 Å². The molecule has 0 aliphatic carbocycles. The second kappa shape index (κ2) is 8.03. The van der Waals surface area contributed by atoms with Crippen LogP contribution in [0.25, 0.3) is 11.4 Å². The maximum absolute atomic E-state index is 10.6. The van der Waals surface area contributed by atoms with E-state index in [1.54, 1.807) is 0 Å². The van der Waals surface area contributed by atoms with E-state index in [0.29, 0.717) is 24.2 Å². The second-order valence-corrected chi connectivity index (χ2v) is 7.35. The van der Waals surface area contributed by atoms with Gasteiger partial charge in [-0.1, -0.05) is 59.3 Å². The lowest BCUT2D eigenvalue weighted by Crippen LogP contribution is -2.35. The quantitative estimate of drug-likeness (QED) is 0.743. The molecule has 1 fully saturated rings. The van der Waals surface area contributed by atoms with Gasteiger partial charge >= 0.3 is 0 Å². The summed E-state index contributed by atoms with van der Waals surface area (Å²) in [6.45, 7) is 4.57. The molecular weight excluding hydrogens is 338 g/mol. The molecule has 1 aliphatic heterocycles. The third-order valence-corrected chi connectivity index (χ3v) is 5.32. The van der Waals surface area contributed by atoms with Gasteiger partial charge in [0.05, 0.1) is 12.6 Å². The highest BCUT2D eigenvalue weighted by molar-refractivity contribution is 5.55. The molecule has 1 atom stereocenters. The number of hydrogen-bond acceptors (Lipinski definition) is 5. The molecule has 3 aromatic rings. The zero-order valence-corrected chi connectivity index (χ0v) is 15.6. The van der Waals surface area contributed by atoms with Gasteiger partial charge in [0.2, 0.25) is 11.7 Å². The third kappa shape index (κ3) is 4.26. The Morgan fingerprint density at radius 3 is 2.63 bits per heavy atom. The van der Waals surface area contributed by atoms with Gasteiger partial charge in [-0.15, -0.1) is 0 Å². The number of nitrogens with zero attached hydrogens (tertiary/aromatic N) is 3. The van der Waals surface area contributed by atoms with Gasteiger partial charge < -0.3 is 9.63 Å². The number of hydrogen-bond donors (Lipinski definition) is 1. The molecule has 4 rings (SSSR count). The van der Waals surface area contributed by atoms with Gasteiger partial charge in [-0.25, -0.2) is 0 Å². The Balaban J connectivity index is 1.33. The fraction of sp³-hybridized carbons (Fsp3) is 0.364. The van der Waals surface area contributed by atoms with Crippen LogP contribution in [0.1, 0.15) is 36.0 Å². The summed E-state index contributed by atoms with van der Waals surface area (Å²) in [5.41, 5.74) is 3.17. The predicted octanol–water partition coefficient (Wildman–Crippen LogP) is 3.99. The largest absolute Gasteiger partial charge is 0.388 e. The Morgan fingerprint density at radius 1 is 1.11 bits per heavy atom. The summed E-state index contributed by atoms with van der Waals surface area (Å²) in [5.74, 6) is 1.59. The number of aliphatic hydroxyl groups is 1. The third-order valence-electron chi connectivity index (χ3n) is 5.32. The van der Waals surface area contributed by atoms with E-state index in [4.69, 9.17) is 4.52 Å². The van der Waals surface area contributed by atoms with Crippen LogP contribution in [0.3, 0.4) is 0 Å². The van der Waals surface area contributed by atoms with Crippen molar-refractivity contribution in [2.45, 2.75) is 32.4 Å². The summed E-state index contributed by atoms with van der Waals surface area (Å²) in [7, 11) is 0. The fourth-order valence-electron chi connectivity index (χ4n) is 3.76. The van der Waals surface area contributed by atoms with Crippen molar-refractivity contribution in [3.05, 3.63) is 71.6 Å². The van der Waals surface area contributed by atoms with Crippen LogP contribution in [-0.4, -0.2) is 33.2 Å². The van der Waals surface area contributed by atoms with Gasteiger partial charge in [0.1, 0.15) is 0 Å². The molecule has 0 radical (unpaired) electrons. The highest BCUT2D eigenvalue weighted by Gasteiger charge is 2.27. The lowest BCUT2D eigenvalue weighted by Gasteiger charge is -2.33. The molecule has 27 heavy (non-hydrogen) atoms. The van der Waals surface area contributed by atoms with Crippen molar-refractivity contribution >= 4 is 0 Å². The van der Waals surface area contributed by atoms with E-state index in [0.717, 1.165) is 37.1 Å². The first-order valence-corrected chi connectivity index (χ1v) is 9.54. The van der Waals surface area contributed by atoms with Crippen molar-refractivity contribution in [3.63, 3.8) is 0 Å². The molecule has 1 aromatic heterocycles. The van der Waals surface area contributed by atoms with Gasteiger partial charge in [0.25, 0.3) is 0 Å².